The Morgan fingerprint density at radius 1 is 0.947 bits per heavy atom. The van der Waals surface area contributed by atoms with Crippen LogP contribution in [0.5, 0.6) is 0 Å². The summed E-state index contributed by atoms with van der Waals surface area (Å²) < 4.78 is 0. The fourth-order valence-electron chi connectivity index (χ4n) is 2.58. The molecule has 0 fully saturated rings. The molecule has 1 aromatic carbocycles. The van der Waals surface area contributed by atoms with Gasteiger partial charge in [-0.1, -0.05) is 42.5 Å². The molecule has 0 aliphatic heterocycles. The van der Waals surface area contributed by atoms with Gasteiger partial charge in [-0.05, 0) is 48.6 Å². The van der Waals surface area contributed by atoms with Gasteiger partial charge < -0.3 is 4.90 Å². The van der Waals surface area contributed by atoms with E-state index in [1.54, 1.807) is 0 Å². The number of nitrogens with zero attached hydrogens (tertiary/aromatic N) is 1. The third-order valence-electron chi connectivity index (χ3n) is 3.73. The normalized spacial score (nSPS) is 17.3. The van der Waals surface area contributed by atoms with Crippen LogP contribution in [0.15, 0.2) is 66.0 Å². The summed E-state index contributed by atoms with van der Waals surface area (Å²) in [5, 5.41) is 0. The molecular formula is C18H19N. The third-order valence-corrected chi connectivity index (χ3v) is 3.73. The van der Waals surface area contributed by atoms with Crippen molar-refractivity contribution >= 4 is 6.08 Å². The molecule has 2 aliphatic carbocycles. The van der Waals surface area contributed by atoms with Gasteiger partial charge in [-0.15, -0.1) is 0 Å². The van der Waals surface area contributed by atoms with Gasteiger partial charge >= 0.3 is 0 Å². The summed E-state index contributed by atoms with van der Waals surface area (Å²) in [7, 11) is 2.14. The van der Waals surface area contributed by atoms with Crippen LogP contribution in [0, 0.1) is 0 Å². The van der Waals surface area contributed by atoms with Crippen molar-refractivity contribution in [1.82, 2.24) is 4.90 Å². The second-order valence-electron chi connectivity index (χ2n) is 5.04. The minimum absolute atomic E-state index is 1.01. The van der Waals surface area contributed by atoms with E-state index >= 15 is 0 Å². The molecule has 0 atom stereocenters. The summed E-state index contributed by atoms with van der Waals surface area (Å²) in [5.74, 6) is 0. The lowest BCUT2D eigenvalue weighted by Crippen LogP contribution is -2.15. The van der Waals surface area contributed by atoms with E-state index in [4.69, 9.17) is 0 Å². The number of fused-ring (bicyclic) bond motifs is 1. The Kier molecular flexibility index (Phi) is 3.37. The van der Waals surface area contributed by atoms with E-state index < -0.39 is 0 Å². The first-order valence-corrected chi connectivity index (χ1v) is 6.91. The van der Waals surface area contributed by atoms with E-state index in [2.05, 4.69) is 72.7 Å². The van der Waals surface area contributed by atoms with E-state index in [0.717, 1.165) is 19.3 Å². The molecule has 0 saturated heterocycles. The van der Waals surface area contributed by atoms with Crippen molar-refractivity contribution in [3.63, 3.8) is 0 Å². The van der Waals surface area contributed by atoms with Gasteiger partial charge in [0.2, 0.25) is 0 Å². The average molecular weight is 249 g/mol. The zero-order chi connectivity index (χ0) is 13.1. The highest BCUT2D eigenvalue weighted by molar-refractivity contribution is 5.61. The summed E-state index contributed by atoms with van der Waals surface area (Å²) in [6.07, 6.45) is 16.9. The molecule has 0 bridgehead atoms. The average Bonchev–Trinajstić information content (AvgIpc) is 2.69. The second kappa shape index (κ2) is 5.31. The number of likely N-dealkylation sites (N-methyl/N-ethyl adjacent to an activating group) is 1. The number of hydrogen-bond donors (Lipinski definition) is 0. The lowest BCUT2D eigenvalue weighted by molar-refractivity contribution is 0.551. The Hall–Kier alpha value is -2.02. The van der Waals surface area contributed by atoms with Gasteiger partial charge in [-0.25, -0.2) is 0 Å². The second-order valence-corrected chi connectivity index (χ2v) is 5.04. The molecule has 0 heterocycles. The monoisotopic (exact) mass is 249 g/mol. The van der Waals surface area contributed by atoms with Crippen molar-refractivity contribution in [3.05, 3.63) is 77.2 Å². The fraction of sp³-hybridized carbons (Fsp3) is 0.222. The predicted molar refractivity (Wildman–Crippen MR) is 81.5 cm³/mol. The SMILES string of the molecule is CN(C1=CCCC=C1)C1=Cc2ccccc2CC=C1. The molecular weight excluding hydrogens is 230 g/mol. The Bertz CT molecular complexity index is 587. The Balaban J connectivity index is 1.94. The summed E-state index contributed by atoms with van der Waals surface area (Å²) in [6, 6.07) is 8.62. The number of rotatable bonds is 2. The predicted octanol–water partition coefficient (Wildman–Crippen LogP) is 4.31. The van der Waals surface area contributed by atoms with Gasteiger partial charge in [0.1, 0.15) is 0 Å². The summed E-state index contributed by atoms with van der Waals surface area (Å²) in [6.45, 7) is 0. The van der Waals surface area contributed by atoms with Crippen molar-refractivity contribution in [2.45, 2.75) is 19.3 Å². The van der Waals surface area contributed by atoms with Crippen LogP contribution in [-0.4, -0.2) is 11.9 Å². The van der Waals surface area contributed by atoms with Gasteiger partial charge in [-0.3, -0.25) is 0 Å². The van der Waals surface area contributed by atoms with Gasteiger partial charge in [-0.2, -0.15) is 0 Å². The minimum Gasteiger partial charge on any atom is -0.345 e. The van der Waals surface area contributed by atoms with Gasteiger partial charge in [0.15, 0.2) is 0 Å². The van der Waals surface area contributed by atoms with Crippen LogP contribution in [0.25, 0.3) is 6.08 Å². The van der Waals surface area contributed by atoms with E-state index in [0.29, 0.717) is 0 Å². The first kappa shape index (κ1) is 12.0. The highest BCUT2D eigenvalue weighted by atomic mass is 15.1. The zero-order valence-corrected chi connectivity index (χ0v) is 11.3. The molecule has 0 saturated carbocycles. The summed E-state index contributed by atoms with van der Waals surface area (Å²) >= 11 is 0. The third kappa shape index (κ3) is 2.55. The van der Waals surface area contributed by atoms with Crippen LogP contribution in [0.2, 0.25) is 0 Å². The lowest BCUT2D eigenvalue weighted by atomic mass is 10.1. The van der Waals surface area contributed by atoms with E-state index in [1.165, 1.54) is 22.5 Å². The molecule has 0 radical (unpaired) electrons. The molecule has 1 aromatic rings. The summed E-state index contributed by atoms with van der Waals surface area (Å²) in [4.78, 5) is 2.27. The molecule has 0 spiro atoms. The van der Waals surface area contributed by atoms with E-state index in [1.807, 2.05) is 0 Å². The topological polar surface area (TPSA) is 3.24 Å². The van der Waals surface area contributed by atoms with Gasteiger partial charge in [0.05, 0.1) is 0 Å². The largest absolute Gasteiger partial charge is 0.345 e. The Labute approximate surface area is 115 Å². The van der Waals surface area contributed by atoms with Gasteiger partial charge in [0, 0.05) is 18.4 Å². The molecule has 0 N–H and O–H groups in total. The zero-order valence-electron chi connectivity index (χ0n) is 11.3. The van der Waals surface area contributed by atoms with E-state index in [9.17, 15) is 0 Å². The highest BCUT2D eigenvalue weighted by Crippen LogP contribution is 2.24. The molecule has 3 rings (SSSR count). The molecule has 1 heteroatoms. The number of hydrogen-bond acceptors (Lipinski definition) is 1. The molecule has 0 amide bonds. The Morgan fingerprint density at radius 2 is 1.79 bits per heavy atom. The van der Waals surface area contributed by atoms with Crippen LogP contribution < -0.4 is 0 Å². The standard InChI is InChI=1S/C18H19N/c1-19(17-11-3-2-4-12-17)18-13-7-10-15-8-5-6-9-16(15)14-18/h3,5-9,11-14H,2,4,10H2,1H3. The maximum Gasteiger partial charge on any atom is 0.0411 e. The van der Waals surface area contributed by atoms with Crippen molar-refractivity contribution in [1.29, 1.82) is 0 Å². The molecule has 19 heavy (non-hydrogen) atoms. The number of benzene rings is 1. The van der Waals surface area contributed by atoms with Crippen LogP contribution >= 0.6 is 0 Å². The minimum atomic E-state index is 1.01. The molecule has 0 unspecified atom stereocenters. The first-order chi connectivity index (χ1) is 9.34. The van der Waals surface area contributed by atoms with Crippen LogP contribution in [-0.2, 0) is 6.42 Å². The quantitative estimate of drug-likeness (QED) is 0.755. The number of allylic oxidation sites excluding steroid dienone is 5. The lowest BCUT2D eigenvalue weighted by Gasteiger charge is -2.23. The van der Waals surface area contributed by atoms with Crippen molar-refractivity contribution in [2.24, 2.45) is 0 Å². The summed E-state index contributed by atoms with van der Waals surface area (Å²) in [5.41, 5.74) is 5.27. The molecule has 1 nitrogen and oxygen atoms in total. The highest BCUT2D eigenvalue weighted by Gasteiger charge is 2.10. The maximum absolute atomic E-state index is 2.31. The molecule has 0 aromatic heterocycles. The van der Waals surface area contributed by atoms with Gasteiger partial charge in [0.25, 0.3) is 0 Å². The van der Waals surface area contributed by atoms with Crippen molar-refractivity contribution in [3.8, 4) is 0 Å². The first-order valence-electron chi connectivity index (χ1n) is 6.91. The molecule has 96 valence electrons. The fourth-order valence-corrected chi connectivity index (χ4v) is 2.58. The Morgan fingerprint density at radius 3 is 2.63 bits per heavy atom. The van der Waals surface area contributed by atoms with E-state index in [-0.39, 0.29) is 0 Å². The smallest absolute Gasteiger partial charge is 0.0411 e. The van der Waals surface area contributed by atoms with Crippen LogP contribution in [0.3, 0.4) is 0 Å². The van der Waals surface area contributed by atoms with Crippen LogP contribution in [0.4, 0.5) is 0 Å². The van der Waals surface area contributed by atoms with Crippen molar-refractivity contribution < 1.29 is 0 Å². The van der Waals surface area contributed by atoms with Crippen molar-refractivity contribution in [2.75, 3.05) is 7.05 Å². The maximum atomic E-state index is 2.31. The molecule has 2 aliphatic rings. The van der Waals surface area contributed by atoms with Crippen LogP contribution in [0.1, 0.15) is 24.0 Å².